The molecule has 1 aromatic carbocycles. The van der Waals surface area contributed by atoms with Crippen molar-refractivity contribution in [2.75, 3.05) is 6.54 Å². The van der Waals surface area contributed by atoms with E-state index < -0.39 is 0 Å². The summed E-state index contributed by atoms with van der Waals surface area (Å²) in [6, 6.07) is 5.44. The van der Waals surface area contributed by atoms with E-state index >= 15 is 0 Å². The zero-order chi connectivity index (χ0) is 12.6. The smallest absolute Gasteiger partial charge is 0.123 e. The van der Waals surface area contributed by atoms with E-state index in [4.69, 9.17) is 11.6 Å². The summed E-state index contributed by atoms with van der Waals surface area (Å²) in [5, 5.41) is 4.32. The van der Waals surface area contributed by atoms with E-state index in [9.17, 15) is 4.39 Å². The molecule has 1 N–H and O–H groups in total. The van der Waals surface area contributed by atoms with Gasteiger partial charge in [-0.1, -0.05) is 18.0 Å². The van der Waals surface area contributed by atoms with Crippen LogP contribution < -0.4 is 5.32 Å². The van der Waals surface area contributed by atoms with Gasteiger partial charge in [-0.15, -0.1) is 0 Å². The Morgan fingerprint density at radius 2 is 2.11 bits per heavy atom. The van der Waals surface area contributed by atoms with Crippen molar-refractivity contribution in [1.29, 1.82) is 0 Å². The molecule has 2 aliphatic rings. The molecular weight excluding hydrogens is 249 g/mol. The maximum Gasteiger partial charge on any atom is 0.123 e. The van der Waals surface area contributed by atoms with E-state index in [2.05, 4.69) is 5.32 Å². The van der Waals surface area contributed by atoms with Crippen molar-refractivity contribution >= 4 is 11.6 Å². The van der Waals surface area contributed by atoms with Gasteiger partial charge in [0.25, 0.3) is 0 Å². The molecule has 0 heterocycles. The first-order chi connectivity index (χ1) is 8.67. The zero-order valence-corrected chi connectivity index (χ0v) is 11.3. The second-order valence-corrected chi connectivity index (χ2v) is 6.33. The van der Waals surface area contributed by atoms with E-state index in [0.29, 0.717) is 10.4 Å². The number of halogens is 2. The monoisotopic (exact) mass is 267 g/mol. The normalized spacial score (nSPS) is 21.7. The SMILES string of the molecule is Fc1ccc(Cl)c(CC2(CNC3CC3)CCC2)c1. The van der Waals surface area contributed by atoms with Crippen LogP contribution in [0.25, 0.3) is 0 Å². The van der Waals surface area contributed by atoms with E-state index in [0.717, 1.165) is 24.6 Å². The van der Waals surface area contributed by atoms with Crippen LogP contribution in [-0.2, 0) is 6.42 Å². The topological polar surface area (TPSA) is 12.0 Å². The minimum Gasteiger partial charge on any atom is -0.313 e. The number of hydrogen-bond donors (Lipinski definition) is 1. The predicted octanol–water partition coefficient (Wildman–Crippen LogP) is 3.94. The molecule has 3 rings (SSSR count). The number of nitrogens with one attached hydrogen (secondary N) is 1. The summed E-state index contributed by atoms with van der Waals surface area (Å²) >= 11 is 6.17. The maximum atomic E-state index is 13.3. The van der Waals surface area contributed by atoms with Crippen molar-refractivity contribution in [2.45, 2.75) is 44.6 Å². The fourth-order valence-electron chi connectivity index (χ4n) is 2.82. The first kappa shape index (κ1) is 12.4. The molecule has 0 aromatic heterocycles. The van der Waals surface area contributed by atoms with Crippen molar-refractivity contribution in [3.05, 3.63) is 34.6 Å². The third-order valence-electron chi connectivity index (χ3n) is 4.33. The summed E-state index contributed by atoms with van der Waals surface area (Å²) in [5.74, 6) is -0.181. The average molecular weight is 268 g/mol. The Bertz CT molecular complexity index is 438. The first-order valence-corrected chi connectivity index (χ1v) is 7.22. The molecule has 98 valence electrons. The summed E-state index contributed by atoms with van der Waals surface area (Å²) in [5.41, 5.74) is 1.29. The van der Waals surface area contributed by atoms with Crippen LogP contribution in [-0.4, -0.2) is 12.6 Å². The van der Waals surface area contributed by atoms with Crippen LogP contribution in [0.1, 0.15) is 37.7 Å². The Balaban J connectivity index is 1.69. The van der Waals surface area contributed by atoms with Gasteiger partial charge in [0.05, 0.1) is 0 Å². The zero-order valence-electron chi connectivity index (χ0n) is 10.5. The molecule has 2 saturated carbocycles. The molecule has 0 aliphatic heterocycles. The second-order valence-electron chi connectivity index (χ2n) is 5.92. The van der Waals surface area contributed by atoms with Crippen LogP contribution >= 0.6 is 11.6 Å². The number of rotatable bonds is 5. The number of benzene rings is 1. The van der Waals surface area contributed by atoms with E-state index in [1.165, 1.54) is 38.2 Å². The third-order valence-corrected chi connectivity index (χ3v) is 4.70. The highest BCUT2D eigenvalue weighted by Crippen LogP contribution is 2.44. The predicted molar refractivity (Wildman–Crippen MR) is 72.4 cm³/mol. The second kappa shape index (κ2) is 4.82. The van der Waals surface area contributed by atoms with E-state index in [1.54, 1.807) is 12.1 Å². The standard InChI is InChI=1S/C15H19ClFN/c16-14-5-2-12(17)8-11(14)9-15(6-1-7-15)10-18-13-3-4-13/h2,5,8,13,18H,1,3-4,6-7,9-10H2. The fraction of sp³-hybridized carbons (Fsp3) is 0.600. The molecular formula is C15H19ClFN. The molecule has 1 nitrogen and oxygen atoms in total. The van der Waals surface area contributed by atoms with Crippen molar-refractivity contribution < 1.29 is 4.39 Å². The van der Waals surface area contributed by atoms with Crippen LogP contribution in [0.4, 0.5) is 4.39 Å². The minimum absolute atomic E-state index is 0.181. The lowest BCUT2D eigenvalue weighted by molar-refractivity contribution is 0.129. The van der Waals surface area contributed by atoms with Crippen LogP contribution in [0.15, 0.2) is 18.2 Å². The fourth-order valence-corrected chi connectivity index (χ4v) is 3.01. The van der Waals surface area contributed by atoms with E-state index in [1.807, 2.05) is 0 Å². The largest absolute Gasteiger partial charge is 0.313 e. The summed E-state index contributed by atoms with van der Waals surface area (Å²) in [7, 11) is 0. The van der Waals surface area contributed by atoms with Gasteiger partial charge in [-0.3, -0.25) is 0 Å². The minimum atomic E-state index is -0.181. The molecule has 0 radical (unpaired) electrons. The van der Waals surface area contributed by atoms with Crippen LogP contribution in [0.5, 0.6) is 0 Å². The van der Waals surface area contributed by atoms with Gasteiger partial charge in [0.15, 0.2) is 0 Å². The van der Waals surface area contributed by atoms with Crippen molar-refractivity contribution in [1.82, 2.24) is 5.32 Å². The lowest BCUT2D eigenvalue weighted by Gasteiger charge is -2.42. The molecule has 0 atom stereocenters. The van der Waals surface area contributed by atoms with Crippen LogP contribution in [0, 0.1) is 11.2 Å². The molecule has 2 aliphatic carbocycles. The summed E-state index contributed by atoms with van der Waals surface area (Å²) < 4.78 is 13.3. The Morgan fingerprint density at radius 1 is 1.33 bits per heavy atom. The highest BCUT2D eigenvalue weighted by Gasteiger charge is 2.38. The third kappa shape index (κ3) is 2.70. The highest BCUT2D eigenvalue weighted by atomic mass is 35.5. The Kier molecular flexibility index (Phi) is 3.33. The molecule has 2 fully saturated rings. The van der Waals surface area contributed by atoms with Gasteiger partial charge >= 0.3 is 0 Å². The molecule has 0 saturated heterocycles. The lowest BCUT2D eigenvalue weighted by Crippen LogP contribution is -2.42. The van der Waals surface area contributed by atoms with Gasteiger partial charge in [-0.2, -0.15) is 0 Å². The summed E-state index contributed by atoms with van der Waals surface area (Å²) in [6.45, 7) is 1.06. The van der Waals surface area contributed by atoms with Gasteiger partial charge in [-0.25, -0.2) is 4.39 Å². The maximum absolute atomic E-state index is 13.3. The molecule has 1 aromatic rings. The Morgan fingerprint density at radius 3 is 2.72 bits per heavy atom. The van der Waals surface area contributed by atoms with Crippen molar-refractivity contribution in [3.8, 4) is 0 Å². The van der Waals surface area contributed by atoms with Crippen molar-refractivity contribution in [2.24, 2.45) is 5.41 Å². The van der Waals surface area contributed by atoms with Gasteiger partial charge < -0.3 is 5.32 Å². The summed E-state index contributed by atoms with van der Waals surface area (Å²) in [6.07, 6.45) is 7.30. The van der Waals surface area contributed by atoms with Gasteiger partial charge in [-0.05, 0) is 61.3 Å². The van der Waals surface area contributed by atoms with Gasteiger partial charge in [0.1, 0.15) is 5.82 Å². The first-order valence-electron chi connectivity index (χ1n) is 6.84. The molecule has 3 heteroatoms. The highest BCUT2D eigenvalue weighted by molar-refractivity contribution is 6.31. The Hall–Kier alpha value is -0.600. The summed E-state index contributed by atoms with van der Waals surface area (Å²) in [4.78, 5) is 0. The van der Waals surface area contributed by atoms with Gasteiger partial charge in [0.2, 0.25) is 0 Å². The van der Waals surface area contributed by atoms with Crippen molar-refractivity contribution in [3.63, 3.8) is 0 Å². The molecule has 0 spiro atoms. The average Bonchev–Trinajstić information content (AvgIpc) is 3.10. The van der Waals surface area contributed by atoms with Crippen LogP contribution in [0.2, 0.25) is 5.02 Å². The molecule has 0 bridgehead atoms. The van der Waals surface area contributed by atoms with Gasteiger partial charge in [0, 0.05) is 17.6 Å². The molecule has 0 unspecified atom stereocenters. The Labute approximate surface area is 113 Å². The van der Waals surface area contributed by atoms with Crippen LogP contribution in [0.3, 0.4) is 0 Å². The lowest BCUT2D eigenvalue weighted by atomic mass is 9.65. The van der Waals surface area contributed by atoms with E-state index in [-0.39, 0.29) is 5.82 Å². The number of hydrogen-bond acceptors (Lipinski definition) is 1. The molecule has 0 amide bonds. The molecule has 18 heavy (non-hydrogen) atoms. The quantitative estimate of drug-likeness (QED) is 0.852.